The van der Waals surface area contributed by atoms with Gasteiger partial charge in [-0.25, -0.2) is 0 Å². The molecule has 0 atom stereocenters. The molecule has 0 radical (unpaired) electrons. The zero-order chi connectivity index (χ0) is 15.2. The predicted octanol–water partition coefficient (Wildman–Crippen LogP) is 0.809. The highest BCUT2D eigenvalue weighted by molar-refractivity contribution is 5.96. The number of carbonyl (C=O) groups is 2. The van der Waals surface area contributed by atoms with E-state index in [0.29, 0.717) is 19.6 Å². The van der Waals surface area contributed by atoms with Gasteiger partial charge in [0.25, 0.3) is 0 Å². The van der Waals surface area contributed by atoms with Crippen LogP contribution in [0.4, 0.5) is 0 Å². The molecule has 1 aliphatic heterocycles. The van der Waals surface area contributed by atoms with Crippen molar-refractivity contribution in [2.75, 3.05) is 40.3 Å². The Labute approximate surface area is 126 Å². The average molecular weight is 289 g/mol. The highest BCUT2D eigenvalue weighted by Gasteiger charge is 2.22. The maximum Gasteiger partial charge on any atom is 0.232 e. The Morgan fingerprint density at radius 2 is 1.71 bits per heavy atom. The minimum absolute atomic E-state index is 0.0347. The standard InChI is InChI=1S/C16H23N3O2/c1-17-8-10-19(11-9-17)16(21)12-15(20)18(2)13-14-6-4-3-5-7-14/h3-7H,8-13H2,1-2H3. The Morgan fingerprint density at radius 1 is 1.10 bits per heavy atom. The summed E-state index contributed by atoms with van der Waals surface area (Å²) in [6, 6.07) is 9.80. The summed E-state index contributed by atoms with van der Waals surface area (Å²) < 4.78 is 0. The molecule has 21 heavy (non-hydrogen) atoms. The molecule has 2 amide bonds. The largest absolute Gasteiger partial charge is 0.341 e. The molecule has 5 nitrogen and oxygen atoms in total. The van der Waals surface area contributed by atoms with Crippen molar-refractivity contribution in [1.82, 2.24) is 14.7 Å². The van der Waals surface area contributed by atoms with Crippen LogP contribution in [0.2, 0.25) is 0 Å². The number of carbonyl (C=O) groups excluding carboxylic acids is 2. The van der Waals surface area contributed by atoms with E-state index >= 15 is 0 Å². The summed E-state index contributed by atoms with van der Waals surface area (Å²) in [7, 11) is 3.78. The third-order valence-electron chi connectivity index (χ3n) is 3.85. The maximum absolute atomic E-state index is 12.1. The van der Waals surface area contributed by atoms with Gasteiger partial charge in [-0.1, -0.05) is 30.3 Å². The lowest BCUT2D eigenvalue weighted by Crippen LogP contribution is -2.48. The van der Waals surface area contributed by atoms with Crippen LogP contribution in [0.15, 0.2) is 30.3 Å². The van der Waals surface area contributed by atoms with Gasteiger partial charge >= 0.3 is 0 Å². The molecule has 0 unspecified atom stereocenters. The summed E-state index contributed by atoms with van der Waals surface area (Å²) in [5, 5.41) is 0. The Bertz CT molecular complexity index is 482. The van der Waals surface area contributed by atoms with E-state index in [4.69, 9.17) is 0 Å². The quantitative estimate of drug-likeness (QED) is 0.771. The van der Waals surface area contributed by atoms with Crippen LogP contribution in [0.5, 0.6) is 0 Å². The monoisotopic (exact) mass is 289 g/mol. The number of hydrogen-bond acceptors (Lipinski definition) is 3. The van der Waals surface area contributed by atoms with Crippen molar-refractivity contribution in [2.24, 2.45) is 0 Å². The van der Waals surface area contributed by atoms with E-state index in [-0.39, 0.29) is 18.2 Å². The number of hydrogen-bond donors (Lipinski definition) is 0. The van der Waals surface area contributed by atoms with Gasteiger partial charge < -0.3 is 14.7 Å². The van der Waals surface area contributed by atoms with Gasteiger partial charge in [-0.3, -0.25) is 9.59 Å². The third-order valence-corrected chi connectivity index (χ3v) is 3.85. The summed E-state index contributed by atoms with van der Waals surface area (Å²) in [6.07, 6.45) is -0.0347. The Hall–Kier alpha value is -1.88. The molecule has 1 aromatic rings. The first-order valence-electron chi connectivity index (χ1n) is 7.30. The fraction of sp³-hybridized carbons (Fsp3) is 0.500. The fourth-order valence-corrected chi connectivity index (χ4v) is 2.38. The van der Waals surface area contributed by atoms with Gasteiger partial charge in [0.1, 0.15) is 6.42 Å². The molecule has 1 heterocycles. The molecule has 0 bridgehead atoms. The maximum atomic E-state index is 12.1. The normalized spacial score (nSPS) is 15.8. The van der Waals surface area contributed by atoms with Crippen molar-refractivity contribution in [3.8, 4) is 0 Å². The molecule has 0 saturated carbocycles. The lowest BCUT2D eigenvalue weighted by molar-refractivity contribution is -0.141. The van der Waals surface area contributed by atoms with Crippen molar-refractivity contribution < 1.29 is 9.59 Å². The molecule has 1 aliphatic rings. The summed E-state index contributed by atoms with van der Waals surface area (Å²) in [5.41, 5.74) is 1.07. The number of amides is 2. The number of piperazine rings is 1. The van der Waals surface area contributed by atoms with Gasteiger partial charge in [0, 0.05) is 39.8 Å². The van der Waals surface area contributed by atoms with Gasteiger partial charge in [0.05, 0.1) is 0 Å². The molecule has 2 rings (SSSR count). The average Bonchev–Trinajstić information content (AvgIpc) is 2.48. The topological polar surface area (TPSA) is 43.9 Å². The Morgan fingerprint density at radius 3 is 2.33 bits per heavy atom. The Kier molecular flexibility index (Phi) is 5.33. The Balaban J connectivity index is 1.81. The molecule has 5 heteroatoms. The highest BCUT2D eigenvalue weighted by atomic mass is 16.2. The smallest absolute Gasteiger partial charge is 0.232 e. The molecule has 1 fully saturated rings. The van der Waals surface area contributed by atoms with Crippen LogP contribution in [-0.2, 0) is 16.1 Å². The van der Waals surface area contributed by atoms with E-state index in [1.54, 1.807) is 16.8 Å². The SMILES string of the molecule is CN1CCN(C(=O)CC(=O)N(C)Cc2ccccc2)CC1. The molecule has 0 N–H and O–H groups in total. The van der Waals surface area contributed by atoms with Crippen LogP contribution in [0.3, 0.4) is 0 Å². The molecule has 0 aromatic heterocycles. The first-order valence-corrected chi connectivity index (χ1v) is 7.30. The number of rotatable bonds is 4. The van der Waals surface area contributed by atoms with Gasteiger partial charge in [-0.2, -0.15) is 0 Å². The first kappa shape index (κ1) is 15.5. The summed E-state index contributed by atoms with van der Waals surface area (Å²) in [6.45, 7) is 3.71. The number of benzene rings is 1. The van der Waals surface area contributed by atoms with E-state index in [2.05, 4.69) is 4.90 Å². The molecule has 0 spiro atoms. The van der Waals surface area contributed by atoms with Gasteiger partial charge in [0.2, 0.25) is 11.8 Å². The molecular formula is C16H23N3O2. The highest BCUT2D eigenvalue weighted by Crippen LogP contribution is 2.07. The second-order valence-corrected chi connectivity index (χ2v) is 5.60. The number of nitrogens with zero attached hydrogens (tertiary/aromatic N) is 3. The minimum atomic E-state index is -0.122. The molecule has 1 saturated heterocycles. The van der Waals surface area contributed by atoms with Crippen LogP contribution < -0.4 is 0 Å². The van der Waals surface area contributed by atoms with Crippen molar-refractivity contribution >= 4 is 11.8 Å². The summed E-state index contributed by atoms with van der Waals surface area (Å²) >= 11 is 0. The minimum Gasteiger partial charge on any atom is -0.341 e. The second-order valence-electron chi connectivity index (χ2n) is 5.60. The van der Waals surface area contributed by atoms with E-state index < -0.39 is 0 Å². The zero-order valence-corrected chi connectivity index (χ0v) is 12.8. The van der Waals surface area contributed by atoms with Crippen molar-refractivity contribution in [1.29, 1.82) is 0 Å². The van der Waals surface area contributed by atoms with Crippen LogP contribution in [0.1, 0.15) is 12.0 Å². The lowest BCUT2D eigenvalue weighted by atomic mass is 10.2. The van der Waals surface area contributed by atoms with Crippen molar-refractivity contribution in [2.45, 2.75) is 13.0 Å². The van der Waals surface area contributed by atoms with E-state index in [0.717, 1.165) is 18.7 Å². The first-order chi connectivity index (χ1) is 10.1. The lowest BCUT2D eigenvalue weighted by Gasteiger charge is -2.32. The van der Waals surface area contributed by atoms with Crippen molar-refractivity contribution in [3.63, 3.8) is 0 Å². The molecule has 114 valence electrons. The van der Waals surface area contributed by atoms with E-state index in [9.17, 15) is 9.59 Å². The predicted molar refractivity (Wildman–Crippen MR) is 81.6 cm³/mol. The number of likely N-dealkylation sites (N-methyl/N-ethyl adjacent to an activating group) is 1. The second kappa shape index (κ2) is 7.22. The molecular weight excluding hydrogens is 266 g/mol. The fourth-order valence-electron chi connectivity index (χ4n) is 2.38. The summed E-state index contributed by atoms with van der Waals surface area (Å²) in [5.74, 6) is -0.184. The van der Waals surface area contributed by atoms with Gasteiger partial charge in [-0.05, 0) is 12.6 Å². The van der Waals surface area contributed by atoms with Crippen LogP contribution in [0.25, 0.3) is 0 Å². The molecule has 1 aromatic carbocycles. The van der Waals surface area contributed by atoms with Crippen LogP contribution in [0, 0.1) is 0 Å². The van der Waals surface area contributed by atoms with E-state index in [1.165, 1.54) is 0 Å². The van der Waals surface area contributed by atoms with E-state index in [1.807, 2.05) is 37.4 Å². The van der Waals surface area contributed by atoms with Crippen LogP contribution in [-0.4, -0.2) is 66.8 Å². The van der Waals surface area contributed by atoms with Crippen LogP contribution >= 0.6 is 0 Å². The zero-order valence-electron chi connectivity index (χ0n) is 12.8. The third kappa shape index (κ3) is 4.56. The van der Waals surface area contributed by atoms with Gasteiger partial charge in [0.15, 0.2) is 0 Å². The summed E-state index contributed by atoms with van der Waals surface area (Å²) in [4.78, 5) is 29.9. The van der Waals surface area contributed by atoms with Gasteiger partial charge in [-0.15, -0.1) is 0 Å². The van der Waals surface area contributed by atoms with Crippen molar-refractivity contribution in [3.05, 3.63) is 35.9 Å². The molecule has 0 aliphatic carbocycles.